The van der Waals surface area contributed by atoms with Gasteiger partial charge in [0.2, 0.25) is 5.41 Å². The number of alkyl halides is 6. The summed E-state index contributed by atoms with van der Waals surface area (Å²) in [6.45, 7) is 0. The molecule has 0 bridgehead atoms. The van der Waals surface area contributed by atoms with Gasteiger partial charge in [0.1, 0.15) is 11.9 Å². The van der Waals surface area contributed by atoms with Gasteiger partial charge in [0, 0.05) is 10.9 Å². The first-order valence-corrected chi connectivity index (χ1v) is 6.88. The number of fused-ring (bicyclic) bond motifs is 3. The second kappa shape index (κ2) is 5.05. The Morgan fingerprint density at radius 3 is 2.12 bits per heavy atom. The molecule has 0 saturated heterocycles. The molecule has 2 aromatic rings. The summed E-state index contributed by atoms with van der Waals surface area (Å²) in [7, 11) is 0. The Hall–Kier alpha value is -2.89. The van der Waals surface area contributed by atoms with Gasteiger partial charge >= 0.3 is 12.4 Å². The standard InChI is InChI=1S/C16H9F6N3/c17-15(18,19)14(16(20,21)22)10-6-5-8-3-1-2-4-9(8)12(10)25-13(24)11(14)7-23/h1-6,25H,24H2. The summed E-state index contributed by atoms with van der Waals surface area (Å²) >= 11 is 0. The first kappa shape index (κ1) is 17.0. The van der Waals surface area contributed by atoms with E-state index in [0.717, 1.165) is 18.2 Å². The van der Waals surface area contributed by atoms with Crippen molar-refractivity contribution in [3.8, 4) is 6.07 Å². The Bertz CT molecular complexity index is 920. The van der Waals surface area contributed by atoms with Gasteiger partial charge in [0.05, 0.1) is 11.3 Å². The number of rotatable bonds is 0. The zero-order chi connectivity index (χ0) is 18.6. The number of nitrogens with one attached hydrogen (secondary N) is 1. The van der Waals surface area contributed by atoms with Crippen molar-refractivity contribution in [3.63, 3.8) is 0 Å². The van der Waals surface area contributed by atoms with Crippen LogP contribution in [0.25, 0.3) is 10.8 Å². The lowest BCUT2D eigenvalue weighted by Crippen LogP contribution is -2.57. The van der Waals surface area contributed by atoms with Crippen LogP contribution in [0.15, 0.2) is 47.8 Å². The molecule has 1 aliphatic rings. The first-order chi connectivity index (χ1) is 11.6. The maximum absolute atomic E-state index is 13.8. The van der Waals surface area contributed by atoms with E-state index >= 15 is 0 Å². The van der Waals surface area contributed by atoms with Gasteiger partial charge in [0.15, 0.2) is 0 Å². The molecule has 3 nitrogen and oxygen atoms in total. The Balaban J connectivity index is 2.55. The minimum Gasteiger partial charge on any atom is -0.384 e. The van der Waals surface area contributed by atoms with E-state index in [2.05, 4.69) is 5.32 Å². The lowest BCUT2D eigenvalue weighted by Gasteiger charge is -2.41. The highest BCUT2D eigenvalue weighted by atomic mass is 19.4. The van der Waals surface area contributed by atoms with Crippen molar-refractivity contribution >= 4 is 16.5 Å². The number of nitriles is 1. The summed E-state index contributed by atoms with van der Waals surface area (Å²) in [6.07, 6.45) is -11.6. The Morgan fingerprint density at radius 1 is 0.960 bits per heavy atom. The van der Waals surface area contributed by atoms with Crippen LogP contribution >= 0.6 is 0 Å². The number of nitrogens with zero attached hydrogens (tertiary/aromatic N) is 1. The summed E-state index contributed by atoms with van der Waals surface area (Å²) < 4.78 is 82.8. The molecule has 3 N–H and O–H groups in total. The molecule has 0 fully saturated rings. The predicted octanol–water partition coefficient (Wildman–Crippen LogP) is 4.32. The number of allylic oxidation sites excluding steroid dienone is 1. The summed E-state index contributed by atoms with van der Waals surface area (Å²) in [5.41, 5.74) is -2.21. The van der Waals surface area contributed by atoms with E-state index in [9.17, 15) is 26.3 Å². The average Bonchev–Trinajstić information content (AvgIpc) is 2.51. The topological polar surface area (TPSA) is 61.8 Å². The fraction of sp³-hybridized carbons (Fsp3) is 0.188. The average molecular weight is 357 g/mol. The molecule has 1 aliphatic heterocycles. The summed E-state index contributed by atoms with van der Waals surface area (Å²) in [4.78, 5) is 0. The molecule has 0 unspecified atom stereocenters. The highest BCUT2D eigenvalue weighted by molar-refractivity contribution is 5.98. The normalized spacial score (nSPS) is 17.0. The van der Waals surface area contributed by atoms with Gasteiger partial charge in [-0.3, -0.25) is 0 Å². The molecule has 0 atom stereocenters. The van der Waals surface area contributed by atoms with Crippen LogP contribution in [0.1, 0.15) is 5.56 Å². The zero-order valence-corrected chi connectivity index (χ0v) is 12.3. The third-order valence-electron chi connectivity index (χ3n) is 4.20. The second-order valence-corrected chi connectivity index (χ2v) is 5.48. The summed E-state index contributed by atoms with van der Waals surface area (Å²) in [6, 6.07) is 8.88. The molecular formula is C16H9F6N3. The number of benzene rings is 2. The fourth-order valence-corrected chi connectivity index (χ4v) is 3.15. The lowest BCUT2D eigenvalue weighted by atomic mass is 9.70. The van der Waals surface area contributed by atoms with Crippen molar-refractivity contribution < 1.29 is 26.3 Å². The van der Waals surface area contributed by atoms with Crippen molar-refractivity contribution in [2.75, 3.05) is 5.32 Å². The smallest absolute Gasteiger partial charge is 0.384 e. The zero-order valence-electron chi connectivity index (χ0n) is 12.3. The molecule has 0 aliphatic carbocycles. The summed E-state index contributed by atoms with van der Waals surface area (Å²) in [5, 5.41) is 11.9. The maximum Gasteiger partial charge on any atom is 0.412 e. The Kier molecular flexibility index (Phi) is 3.42. The predicted molar refractivity (Wildman–Crippen MR) is 78.2 cm³/mol. The number of hydrogen-bond acceptors (Lipinski definition) is 3. The van der Waals surface area contributed by atoms with Gasteiger partial charge in [0.25, 0.3) is 0 Å². The number of halogens is 6. The van der Waals surface area contributed by atoms with Gasteiger partial charge in [-0.1, -0.05) is 36.4 Å². The van der Waals surface area contributed by atoms with Gasteiger partial charge < -0.3 is 11.1 Å². The van der Waals surface area contributed by atoms with Crippen LogP contribution in [-0.2, 0) is 5.41 Å². The molecule has 0 spiro atoms. The van der Waals surface area contributed by atoms with Crippen LogP contribution in [0.3, 0.4) is 0 Å². The number of hydrogen-bond donors (Lipinski definition) is 2. The van der Waals surface area contributed by atoms with E-state index in [4.69, 9.17) is 11.0 Å². The van der Waals surface area contributed by atoms with Crippen LogP contribution < -0.4 is 11.1 Å². The third kappa shape index (κ3) is 2.06. The van der Waals surface area contributed by atoms with Crippen LogP contribution in [0.4, 0.5) is 32.0 Å². The molecule has 2 aromatic carbocycles. The quantitative estimate of drug-likeness (QED) is 0.690. The van der Waals surface area contributed by atoms with Crippen LogP contribution in [0.2, 0.25) is 0 Å². The number of anilines is 1. The van der Waals surface area contributed by atoms with E-state index in [0.29, 0.717) is 5.39 Å². The fourth-order valence-electron chi connectivity index (χ4n) is 3.15. The van der Waals surface area contributed by atoms with Gasteiger partial charge in [-0.05, 0) is 5.39 Å². The SMILES string of the molecule is N#CC1=C(N)Nc2c(ccc3ccccc23)C1(C(F)(F)F)C(F)(F)F. The molecule has 0 aromatic heterocycles. The lowest BCUT2D eigenvalue weighted by molar-refractivity contribution is -0.289. The molecule has 9 heteroatoms. The van der Waals surface area contributed by atoms with E-state index in [-0.39, 0.29) is 5.39 Å². The molecule has 3 rings (SSSR count). The molecule has 130 valence electrons. The molecule has 0 radical (unpaired) electrons. The van der Waals surface area contributed by atoms with Crippen molar-refractivity contribution in [1.29, 1.82) is 5.26 Å². The second-order valence-electron chi connectivity index (χ2n) is 5.48. The molecule has 0 amide bonds. The Labute approximate surface area is 137 Å². The Morgan fingerprint density at radius 2 is 1.56 bits per heavy atom. The minimum absolute atomic E-state index is 0.137. The van der Waals surface area contributed by atoms with Crippen LogP contribution in [-0.4, -0.2) is 12.4 Å². The monoisotopic (exact) mass is 357 g/mol. The van der Waals surface area contributed by atoms with Gasteiger partial charge in [-0.2, -0.15) is 31.6 Å². The van der Waals surface area contributed by atoms with E-state index in [1.807, 2.05) is 0 Å². The molecular weight excluding hydrogens is 348 g/mol. The highest BCUT2D eigenvalue weighted by Crippen LogP contribution is 2.60. The van der Waals surface area contributed by atoms with Gasteiger partial charge in [-0.25, -0.2) is 0 Å². The molecule has 1 heterocycles. The van der Waals surface area contributed by atoms with Crippen molar-refractivity contribution in [1.82, 2.24) is 0 Å². The van der Waals surface area contributed by atoms with E-state index < -0.39 is 40.4 Å². The molecule has 0 saturated carbocycles. The highest BCUT2D eigenvalue weighted by Gasteiger charge is 2.76. The van der Waals surface area contributed by atoms with E-state index in [1.165, 1.54) is 12.1 Å². The van der Waals surface area contributed by atoms with Crippen molar-refractivity contribution in [3.05, 3.63) is 53.4 Å². The van der Waals surface area contributed by atoms with E-state index in [1.54, 1.807) is 12.1 Å². The van der Waals surface area contributed by atoms with Crippen molar-refractivity contribution in [2.24, 2.45) is 5.73 Å². The largest absolute Gasteiger partial charge is 0.412 e. The summed E-state index contributed by atoms with van der Waals surface area (Å²) in [5.74, 6) is -0.971. The van der Waals surface area contributed by atoms with Crippen LogP contribution in [0.5, 0.6) is 0 Å². The minimum atomic E-state index is -5.82. The first-order valence-electron chi connectivity index (χ1n) is 6.88. The van der Waals surface area contributed by atoms with Gasteiger partial charge in [-0.15, -0.1) is 0 Å². The third-order valence-corrected chi connectivity index (χ3v) is 4.20. The number of nitrogens with two attached hydrogens (primary N) is 1. The molecule has 25 heavy (non-hydrogen) atoms. The van der Waals surface area contributed by atoms with Crippen molar-refractivity contribution in [2.45, 2.75) is 17.8 Å². The maximum atomic E-state index is 13.8. The van der Waals surface area contributed by atoms with Crippen LogP contribution in [0, 0.1) is 11.3 Å².